The molecule has 0 saturated carbocycles. The predicted molar refractivity (Wildman–Crippen MR) is 56.9 cm³/mol. The third-order valence-corrected chi connectivity index (χ3v) is 2.63. The maximum Gasteiger partial charge on any atom is 0.0929 e. The fourth-order valence-electron chi connectivity index (χ4n) is 1.39. The molecule has 0 bridgehead atoms. The van der Waals surface area contributed by atoms with Gasteiger partial charge in [-0.2, -0.15) is 13.8 Å². The molecule has 2 aromatic heterocycles. The van der Waals surface area contributed by atoms with Gasteiger partial charge in [0.2, 0.25) is 0 Å². The topological polar surface area (TPSA) is 81.7 Å². The standard InChI is InChI=1S/C8H12N6S/c1-14-5-6(3-10-14)2-7(12-9)8-4-11-15-13-8/h3-5,7,12H,2,9H2,1H3. The van der Waals surface area contributed by atoms with E-state index in [0.29, 0.717) is 0 Å². The summed E-state index contributed by atoms with van der Waals surface area (Å²) in [5.41, 5.74) is 4.72. The van der Waals surface area contributed by atoms with Gasteiger partial charge < -0.3 is 0 Å². The van der Waals surface area contributed by atoms with Crippen LogP contribution < -0.4 is 11.3 Å². The molecule has 0 aliphatic carbocycles. The molecule has 0 fully saturated rings. The molecule has 1 atom stereocenters. The Kier molecular flexibility index (Phi) is 3.05. The highest BCUT2D eigenvalue weighted by Crippen LogP contribution is 2.15. The van der Waals surface area contributed by atoms with Crippen molar-refractivity contribution in [1.82, 2.24) is 24.0 Å². The molecule has 6 nitrogen and oxygen atoms in total. The van der Waals surface area contributed by atoms with E-state index in [4.69, 9.17) is 5.84 Å². The summed E-state index contributed by atoms with van der Waals surface area (Å²) < 4.78 is 9.87. The predicted octanol–water partition coefficient (Wildman–Crippen LogP) is 0.0187. The van der Waals surface area contributed by atoms with Crippen molar-refractivity contribution in [3.63, 3.8) is 0 Å². The molecule has 1 unspecified atom stereocenters. The third-order valence-electron chi connectivity index (χ3n) is 2.13. The van der Waals surface area contributed by atoms with Crippen molar-refractivity contribution >= 4 is 11.7 Å². The zero-order valence-corrected chi connectivity index (χ0v) is 9.11. The molecule has 0 spiro atoms. The highest BCUT2D eigenvalue weighted by Gasteiger charge is 2.13. The maximum absolute atomic E-state index is 5.48. The number of nitrogens with two attached hydrogens (primary N) is 1. The number of aryl methyl sites for hydroxylation is 1. The van der Waals surface area contributed by atoms with Gasteiger partial charge >= 0.3 is 0 Å². The number of hydrogen-bond donors (Lipinski definition) is 2. The fourth-order valence-corrected chi connectivity index (χ4v) is 1.86. The molecule has 3 N–H and O–H groups in total. The van der Waals surface area contributed by atoms with E-state index in [2.05, 4.69) is 19.3 Å². The van der Waals surface area contributed by atoms with Gasteiger partial charge in [0.25, 0.3) is 0 Å². The Morgan fingerprint density at radius 2 is 2.47 bits per heavy atom. The number of hydrogen-bond acceptors (Lipinski definition) is 6. The number of nitrogens with one attached hydrogen (secondary N) is 1. The largest absolute Gasteiger partial charge is 0.276 e. The molecule has 0 saturated heterocycles. The Morgan fingerprint density at radius 3 is 3.00 bits per heavy atom. The normalized spacial score (nSPS) is 12.9. The highest BCUT2D eigenvalue weighted by atomic mass is 32.1. The molecule has 2 rings (SSSR count). The van der Waals surface area contributed by atoms with Gasteiger partial charge in [0, 0.05) is 13.2 Å². The monoisotopic (exact) mass is 224 g/mol. The van der Waals surface area contributed by atoms with Crippen molar-refractivity contribution in [3.8, 4) is 0 Å². The zero-order valence-electron chi connectivity index (χ0n) is 8.29. The Balaban J connectivity index is 2.09. The van der Waals surface area contributed by atoms with Crippen molar-refractivity contribution in [2.45, 2.75) is 12.5 Å². The quantitative estimate of drug-likeness (QED) is 0.565. The highest BCUT2D eigenvalue weighted by molar-refractivity contribution is 6.99. The van der Waals surface area contributed by atoms with Gasteiger partial charge in [-0.3, -0.25) is 16.0 Å². The van der Waals surface area contributed by atoms with Crippen LogP contribution in [0.25, 0.3) is 0 Å². The first-order chi connectivity index (χ1) is 7.29. The lowest BCUT2D eigenvalue weighted by molar-refractivity contribution is 0.542. The van der Waals surface area contributed by atoms with Crippen molar-refractivity contribution in [2.24, 2.45) is 12.9 Å². The van der Waals surface area contributed by atoms with E-state index >= 15 is 0 Å². The number of nitrogens with zero attached hydrogens (tertiary/aromatic N) is 4. The Bertz CT molecular complexity index is 408. The molecule has 0 radical (unpaired) electrons. The van der Waals surface area contributed by atoms with Gasteiger partial charge in [0.15, 0.2) is 0 Å². The lowest BCUT2D eigenvalue weighted by Crippen LogP contribution is -2.29. The lowest BCUT2D eigenvalue weighted by atomic mass is 10.1. The minimum absolute atomic E-state index is 0.00653. The van der Waals surface area contributed by atoms with E-state index in [1.807, 2.05) is 19.4 Å². The molecule has 0 amide bonds. The molecular weight excluding hydrogens is 212 g/mol. The summed E-state index contributed by atoms with van der Waals surface area (Å²) in [4.78, 5) is 0. The minimum atomic E-state index is -0.00653. The lowest BCUT2D eigenvalue weighted by Gasteiger charge is -2.10. The first-order valence-corrected chi connectivity index (χ1v) is 5.23. The van der Waals surface area contributed by atoms with Crippen molar-refractivity contribution in [2.75, 3.05) is 0 Å². The van der Waals surface area contributed by atoms with Gasteiger partial charge in [0.05, 0.1) is 35.9 Å². The first-order valence-electron chi connectivity index (χ1n) is 4.50. The van der Waals surface area contributed by atoms with Gasteiger partial charge in [-0.15, -0.1) is 0 Å². The molecule has 0 aromatic carbocycles. The van der Waals surface area contributed by atoms with Gasteiger partial charge in [-0.1, -0.05) is 0 Å². The minimum Gasteiger partial charge on any atom is -0.276 e. The summed E-state index contributed by atoms with van der Waals surface area (Å²) in [6, 6.07) is -0.00653. The summed E-state index contributed by atoms with van der Waals surface area (Å²) in [6.07, 6.45) is 6.27. The molecule has 15 heavy (non-hydrogen) atoms. The van der Waals surface area contributed by atoms with Crippen LogP contribution in [0.15, 0.2) is 18.6 Å². The third kappa shape index (κ3) is 2.38. The van der Waals surface area contributed by atoms with Gasteiger partial charge in [0.1, 0.15) is 0 Å². The summed E-state index contributed by atoms with van der Waals surface area (Å²) in [5.74, 6) is 5.48. The van der Waals surface area contributed by atoms with Crippen LogP contribution >= 0.6 is 11.7 Å². The van der Waals surface area contributed by atoms with E-state index in [9.17, 15) is 0 Å². The van der Waals surface area contributed by atoms with E-state index in [1.165, 1.54) is 11.7 Å². The zero-order chi connectivity index (χ0) is 10.7. The van der Waals surface area contributed by atoms with Crippen molar-refractivity contribution < 1.29 is 0 Å². The molecule has 0 aliphatic rings. The van der Waals surface area contributed by atoms with E-state index in [-0.39, 0.29) is 6.04 Å². The summed E-state index contributed by atoms with van der Waals surface area (Å²) in [5, 5.41) is 4.10. The van der Waals surface area contributed by atoms with E-state index in [1.54, 1.807) is 10.9 Å². The van der Waals surface area contributed by atoms with Crippen LogP contribution in [0.2, 0.25) is 0 Å². The van der Waals surface area contributed by atoms with Crippen LogP contribution in [0.4, 0.5) is 0 Å². The van der Waals surface area contributed by atoms with Crippen LogP contribution in [-0.4, -0.2) is 18.5 Å². The Labute approximate surface area is 91.4 Å². The first kappa shape index (κ1) is 10.2. The van der Waals surface area contributed by atoms with Crippen molar-refractivity contribution in [1.29, 1.82) is 0 Å². The second kappa shape index (κ2) is 4.47. The number of hydrazine groups is 1. The maximum atomic E-state index is 5.48. The SMILES string of the molecule is Cn1cc(CC(NN)c2cnsn2)cn1. The molecule has 2 aromatic rings. The fraction of sp³-hybridized carbons (Fsp3) is 0.375. The molecule has 2 heterocycles. The Morgan fingerprint density at radius 1 is 1.60 bits per heavy atom. The van der Waals surface area contributed by atoms with E-state index < -0.39 is 0 Å². The molecule has 80 valence electrons. The summed E-state index contributed by atoms with van der Waals surface area (Å²) in [7, 11) is 1.89. The van der Waals surface area contributed by atoms with Crippen LogP contribution in [0, 0.1) is 0 Å². The summed E-state index contributed by atoms with van der Waals surface area (Å²) in [6.45, 7) is 0. The van der Waals surface area contributed by atoms with Gasteiger partial charge in [-0.25, -0.2) is 0 Å². The smallest absolute Gasteiger partial charge is 0.0929 e. The van der Waals surface area contributed by atoms with E-state index in [0.717, 1.165) is 17.7 Å². The van der Waals surface area contributed by atoms with Crippen LogP contribution in [0.3, 0.4) is 0 Å². The molecule has 7 heteroatoms. The summed E-state index contributed by atoms with van der Waals surface area (Å²) >= 11 is 1.18. The molecule has 0 aliphatic heterocycles. The van der Waals surface area contributed by atoms with Crippen LogP contribution in [-0.2, 0) is 13.5 Å². The molecular formula is C8H12N6S. The van der Waals surface area contributed by atoms with Crippen LogP contribution in [0.5, 0.6) is 0 Å². The van der Waals surface area contributed by atoms with Crippen molar-refractivity contribution in [3.05, 3.63) is 29.8 Å². The average molecular weight is 224 g/mol. The average Bonchev–Trinajstić information content (AvgIpc) is 2.85. The number of aromatic nitrogens is 4. The van der Waals surface area contributed by atoms with Gasteiger partial charge in [-0.05, 0) is 12.0 Å². The second-order valence-corrected chi connectivity index (χ2v) is 3.83. The van der Waals surface area contributed by atoms with Crippen LogP contribution in [0.1, 0.15) is 17.3 Å². The number of rotatable bonds is 4. The Hall–Kier alpha value is -1.31. The second-order valence-electron chi connectivity index (χ2n) is 3.28.